The van der Waals surface area contributed by atoms with Crippen LogP contribution in [0.25, 0.3) is 0 Å². The molecule has 0 bridgehead atoms. The van der Waals surface area contributed by atoms with Gasteiger partial charge >= 0.3 is 0 Å². The van der Waals surface area contributed by atoms with Crippen molar-refractivity contribution in [2.24, 2.45) is 5.73 Å². The first-order chi connectivity index (χ1) is 9.37. The van der Waals surface area contributed by atoms with Crippen molar-refractivity contribution < 1.29 is 15.0 Å². The average molecular weight is 278 g/mol. The van der Waals surface area contributed by atoms with Gasteiger partial charge in [0.05, 0.1) is 11.6 Å². The molecular formula is C15H22N2O3. The molecule has 0 radical (unpaired) electrons. The zero-order valence-electron chi connectivity index (χ0n) is 11.7. The first-order valence-corrected chi connectivity index (χ1v) is 6.92. The minimum absolute atomic E-state index is 0.127. The van der Waals surface area contributed by atoms with E-state index in [4.69, 9.17) is 5.73 Å². The maximum atomic E-state index is 12.3. The fraction of sp³-hybridized carbons (Fsp3) is 0.533. The number of phenols is 1. The molecule has 20 heavy (non-hydrogen) atoms. The fourth-order valence-corrected chi connectivity index (χ4v) is 2.62. The van der Waals surface area contributed by atoms with Gasteiger partial charge in [-0.2, -0.15) is 0 Å². The third-order valence-corrected chi connectivity index (χ3v) is 3.70. The zero-order valence-corrected chi connectivity index (χ0v) is 11.7. The summed E-state index contributed by atoms with van der Waals surface area (Å²) in [7, 11) is 0. The van der Waals surface area contributed by atoms with Gasteiger partial charge in [-0.15, -0.1) is 0 Å². The summed E-state index contributed by atoms with van der Waals surface area (Å²) >= 11 is 0. The lowest BCUT2D eigenvalue weighted by molar-refractivity contribution is -0.138. The molecular weight excluding hydrogens is 256 g/mol. The number of likely N-dealkylation sites (tertiary alicyclic amines) is 1. The molecule has 5 heteroatoms. The van der Waals surface area contributed by atoms with Crippen LogP contribution >= 0.6 is 0 Å². The Bertz CT molecular complexity index is 471. The van der Waals surface area contributed by atoms with E-state index in [-0.39, 0.29) is 11.7 Å². The van der Waals surface area contributed by atoms with Crippen molar-refractivity contribution in [3.8, 4) is 5.75 Å². The summed E-state index contributed by atoms with van der Waals surface area (Å²) in [5.74, 6) is 0.0683. The molecule has 0 aromatic heterocycles. The molecule has 0 saturated carbocycles. The molecule has 1 aliphatic heterocycles. The number of hydrogen-bond donors (Lipinski definition) is 3. The Morgan fingerprint density at radius 1 is 1.45 bits per heavy atom. The highest BCUT2D eigenvalue weighted by atomic mass is 16.3. The zero-order chi connectivity index (χ0) is 14.8. The topological polar surface area (TPSA) is 86.8 Å². The lowest BCUT2D eigenvalue weighted by atomic mass is 9.94. The van der Waals surface area contributed by atoms with Gasteiger partial charge in [0.15, 0.2) is 0 Å². The van der Waals surface area contributed by atoms with Crippen molar-refractivity contribution in [3.05, 3.63) is 29.8 Å². The van der Waals surface area contributed by atoms with E-state index in [9.17, 15) is 15.0 Å². The van der Waals surface area contributed by atoms with Gasteiger partial charge < -0.3 is 20.8 Å². The Balaban J connectivity index is 1.96. The van der Waals surface area contributed by atoms with Gasteiger partial charge in [0.2, 0.25) is 5.91 Å². The summed E-state index contributed by atoms with van der Waals surface area (Å²) in [6.07, 6.45) is 1.94. The summed E-state index contributed by atoms with van der Waals surface area (Å²) < 4.78 is 0. The minimum atomic E-state index is -0.813. The highest BCUT2D eigenvalue weighted by Crippen LogP contribution is 2.21. The van der Waals surface area contributed by atoms with Gasteiger partial charge in [-0.3, -0.25) is 4.79 Å². The van der Waals surface area contributed by atoms with Crippen molar-refractivity contribution in [1.82, 2.24) is 4.90 Å². The van der Waals surface area contributed by atoms with Crippen molar-refractivity contribution in [2.45, 2.75) is 37.8 Å². The molecule has 1 fully saturated rings. The standard InChI is InChI=1S/C15H22N2O3/c1-15(20)7-2-8-17(10-15)14(19)13(16)9-11-3-5-12(18)6-4-11/h3-6,13,18,20H,2,7-10,16H2,1H3/t13-,15?/m1/s1. The molecule has 1 amide bonds. The number of piperidine rings is 1. The van der Waals surface area contributed by atoms with Gasteiger partial charge in [-0.25, -0.2) is 0 Å². The molecule has 0 spiro atoms. The number of nitrogens with two attached hydrogens (primary N) is 1. The number of phenolic OH excluding ortho intramolecular Hbond substituents is 1. The summed E-state index contributed by atoms with van der Waals surface area (Å²) in [6.45, 7) is 2.74. The van der Waals surface area contributed by atoms with Crippen LogP contribution in [0.5, 0.6) is 5.75 Å². The van der Waals surface area contributed by atoms with Crippen molar-refractivity contribution in [1.29, 1.82) is 0 Å². The van der Waals surface area contributed by atoms with Gasteiger partial charge in [-0.05, 0) is 43.9 Å². The lowest BCUT2D eigenvalue weighted by Gasteiger charge is -2.37. The van der Waals surface area contributed by atoms with E-state index in [1.165, 1.54) is 0 Å². The van der Waals surface area contributed by atoms with E-state index in [2.05, 4.69) is 0 Å². The number of rotatable bonds is 3. The van der Waals surface area contributed by atoms with Crippen LogP contribution in [0, 0.1) is 0 Å². The highest BCUT2D eigenvalue weighted by Gasteiger charge is 2.32. The molecule has 2 atom stereocenters. The normalized spacial score (nSPS) is 24.4. The number of nitrogens with zero attached hydrogens (tertiary/aromatic N) is 1. The fourth-order valence-electron chi connectivity index (χ4n) is 2.62. The molecule has 2 rings (SSSR count). The Hall–Kier alpha value is -1.59. The Labute approximate surface area is 119 Å². The van der Waals surface area contributed by atoms with Crippen molar-refractivity contribution >= 4 is 5.91 Å². The molecule has 4 N–H and O–H groups in total. The second-order valence-corrected chi connectivity index (χ2v) is 5.84. The predicted octanol–water partition coefficient (Wildman–Crippen LogP) is 0.635. The van der Waals surface area contributed by atoms with Crippen LogP contribution in [0.3, 0.4) is 0 Å². The second kappa shape index (κ2) is 5.81. The van der Waals surface area contributed by atoms with E-state index >= 15 is 0 Å². The van der Waals surface area contributed by atoms with E-state index in [0.29, 0.717) is 25.9 Å². The molecule has 1 heterocycles. The SMILES string of the molecule is CC1(O)CCCN(C(=O)[C@H](N)Cc2ccc(O)cc2)C1. The first kappa shape index (κ1) is 14.8. The number of amides is 1. The number of carbonyl (C=O) groups excluding carboxylic acids is 1. The lowest BCUT2D eigenvalue weighted by Crippen LogP contribution is -2.53. The highest BCUT2D eigenvalue weighted by molar-refractivity contribution is 5.82. The minimum Gasteiger partial charge on any atom is -0.508 e. The van der Waals surface area contributed by atoms with Crippen LogP contribution in [0.2, 0.25) is 0 Å². The van der Waals surface area contributed by atoms with Crippen molar-refractivity contribution in [2.75, 3.05) is 13.1 Å². The Morgan fingerprint density at radius 2 is 2.10 bits per heavy atom. The van der Waals surface area contributed by atoms with E-state index in [0.717, 1.165) is 12.0 Å². The molecule has 110 valence electrons. The van der Waals surface area contributed by atoms with E-state index in [1.807, 2.05) is 0 Å². The molecule has 0 aliphatic carbocycles. The Kier molecular flexibility index (Phi) is 4.30. The molecule has 1 aromatic rings. The monoisotopic (exact) mass is 278 g/mol. The quantitative estimate of drug-likeness (QED) is 0.757. The third-order valence-electron chi connectivity index (χ3n) is 3.70. The molecule has 1 unspecified atom stereocenters. The molecule has 5 nitrogen and oxygen atoms in total. The third kappa shape index (κ3) is 3.71. The van der Waals surface area contributed by atoms with Gasteiger partial charge in [-0.1, -0.05) is 12.1 Å². The van der Waals surface area contributed by atoms with Crippen LogP contribution in [-0.2, 0) is 11.2 Å². The number of aromatic hydroxyl groups is 1. The van der Waals surface area contributed by atoms with E-state index < -0.39 is 11.6 Å². The van der Waals surface area contributed by atoms with Crippen molar-refractivity contribution in [3.63, 3.8) is 0 Å². The van der Waals surface area contributed by atoms with Crippen LogP contribution in [0.4, 0.5) is 0 Å². The molecule has 1 aromatic carbocycles. The number of benzene rings is 1. The number of carbonyl (C=O) groups is 1. The largest absolute Gasteiger partial charge is 0.508 e. The Morgan fingerprint density at radius 3 is 2.70 bits per heavy atom. The van der Waals surface area contributed by atoms with Gasteiger partial charge in [0.1, 0.15) is 5.75 Å². The second-order valence-electron chi connectivity index (χ2n) is 5.84. The van der Waals surface area contributed by atoms with Crippen LogP contribution in [0.1, 0.15) is 25.3 Å². The first-order valence-electron chi connectivity index (χ1n) is 6.92. The smallest absolute Gasteiger partial charge is 0.239 e. The summed E-state index contributed by atoms with van der Waals surface area (Å²) in [4.78, 5) is 13.9. The molecule has 1 aliphatic rings. The van der Waals surface area contributed by atoms with Gasteiger partial charge in [0.25, 0.3) is 0 Å². The predicted molar refractivity (Wildman–Crippen MR) is 76.2 cm³/mol. The number of β-amino-alcohol motifs (C(OH)–C–C–N with tert-alkyl or cyclic N) is 1. The molecule has 1 saturated heterocycles. The van der Waals surface area contributed by atoms with Gasteiger partial charge in [0, 0.05) is 13.1 Å². The van der Waals surface area contributed by atoms with Crippen LogP contribution < -0.4 is 5.73 Å². The maximum absolute atomic E-state index is 12.3. The van der Waals surface area contributed by atoms with Crippen LogP contribution in [-0.4, -0.2) is 45.8 Å². The maximum Gasteiger partial charge on any atom is 0.239 e. The van der Waals surface area contributed by atoms with Crippen LogP contribution in [0.15, 0.2) is 24.3 Å². The summed E-state index contributed by atoms with van der Waals surface area (Å²) in [5.41, 5.74) is 6.07. The summed E-state index contributed by atoms with van der Waals surface area (Å²) in [6, 6.07) is 6.06. The number of aliphatic hydroxyl groups is 1. The number of hydrogen-bond acceptors (Lipinski definition) is 4. The average Bonchev–Trinajstić information content (AvgIpc) is 2.39. The van der Waals surface area contributed by atoms with E-state index in [1.54, 1.807) is 36.1 Å². The summed E-state index contributed by atoms with van der Waals surface area (Å²) in [5, 5.41) is 19.3.